The predicted molar refractivity (Wildman–Crippen MR) is 62.0 cm³/mol. The molecule has 1 aliphatic rings. The third-order valence-corrected chi connectivity index (χ3v) is 2.73. The van der Waals surface area contributed by atoms with Gasteiger partial charge in [-0.25, -0.2) is 15.2 Å². The Bertz CT molecular complexity index is 402. The van der Waals surface area contributed by atoms with Crippen molar-refractivity contribution >= 4 is 11.8 Å². The van der Waals surface area contributed by atoms with Crippen molar-refractivity contribution in [2.45, 2.75) is 26.0 Å². The van der Waals surface area contributed by atoms with Crippen molar-refractivity contribution in [3.8, 4) is 0 Å². The van der Waals surface area contributed by atoms with Gasteiger partial charge in [0.1, 0.15) is 0 Å². The van der Waals surface area contributed by atoms with E-state index >= 15 is 0 Å². The molecule has 2 unspecified atom stereocenters. The van der Waals surface area contributed by atoms with E-state index in [1.165, 1.54) is 0 Å². The number of hydrogen-bond donors (Lipinski definition) is 2. The summed E-state index contributed by atoms with van der Waals surface area (Å²) in [6, 6.07) is 0.0706. The maximum absolute atomic E-state index is 13.7. The lowest BCUT2D eigenvalue weighted by molar-refractivity contribution is 0.0337. The van der Waals surface area contributed by atoms with Gasteiger partial charge in [0.15, 0.2) is 11.6 Å². The lowest BCUT2D eigenvalue weighted by Gasteiger charge is -2.37. The fourth-order valence-electron chi connectivity index (χ4n) is 1.83. The Labute approximate surface area is 99.0 Å². The number of nitrogens with one attached hydrogen (secondary N) is 1. The summed E-state index contributed by atoms with van der Waals surface area (Å²) < 4.78 is 19.2. The number of morpholine rings is 1. The second kappa shape index (κ2) is 4.80. The number of halogens is 1. The number of nitrogens with zero attached hydrogens (tertiary/aromatic N) is 3. The molecule has 6 nitrogen and oxygen atoms in total. The van der Waals surface area contributed by atoms with Crippen LogP contribution in [0.15, 0.2) is 6.20 Å². The molecule has 0 bridgehead atoms. The maximum atomic E-state index is 13.7. The first-order valence-electron chi connectivity index (χ1n) is 5.49. The number of aromatic nitrogens is 2. The monoisotopic (exact) mass is 241 g/mol. The maximum Gasteiger partial charge on any atom is 0.239 e. The van der Waals surface area contributed by atoms with E-state index < -0.39 is 5.82 Å². The summed E-state index contributed by atoms with van der Waals surface area (Å²) in [7, 11) is 0. The van der Waals surface area contributed by atoms with Gasteiger partial charge in [-0.15, -0.1) is 0 Å². The highest BCUT2D eigenvalue weighted by molar-refractivity contribution is 5.45. The second-order valence-corrected chi connectivity index (χ2v) is 4.15. The van der Waals surface area contributed by atoms with E-state index in [1.54, 1.807) is 0 Å². The van der Waals surface area contributed by atoms with Crippen LogP contribution in [-0.4, -0.2) is 35.3 Å². The van der Waals surface area contributed by atoms with Crippen LogP contribution in [-0.2, 0) is 4.74 Å². The SMILES string of the molecule is CC1CN(c2nc(NN)ncc2F)C(C)CO1. The molecule has 2 heterocycles. The Balaban J connectivity index is 2.30. The number of ether oxygens (including phenoxy) is 1. The summed E-state index contributed by atoms with van der Waals surface area (Å²) >= 11 is 0. The molecule has 7 heteroatoms. The molecule has 0 radical (unpaired) electrons. The molecular formula is C10H16FN5O. The van der Waals surface area contributed by atoms with Gasteiger partial charge < -0.3 is 9.64 Å². The summed E-state index contributed by atoms with van der Waals surface area (Å²) in [4.78, 5) is 9.63. The van der Waals surface area contributed by atoms with Crippen LogP contribution in [0.3, 0.4) is 0 Å². The Morgan fingerprint density at radius 3 is 3.06 bits per heavy atom. The van der Waals surface area contributed by atoms with E-state index in [1.807, 2.05) is 18.7 Å². The van der Waals surface area contributed by atoms with E-state index in [2.05, 4.69) is 15.4 Å². The number of rotatable bonds is 2. The zero-order valence-corrected chi connectivity index (χ0v) is 9.85. The standard InChI is InChI=1S/C10H16FN5O/c1-6-5-17-7(2)4-16(6)9-8(11)3-13-10(14-9)15-12/h3,6-7H,4-5,12H2,1-2H3,(H,13,14,15). The number of nitrogens with two attached hydrogens (primary N) is 1. The molecular weight excluding hydrogens is 225 g/mol. The van der Waals surface area contributed by atoms with Crippen molar-refractivity contribution in [2.75, 3.05) is 23.5 Å². The molecule has 3 N–H and O–H groups in total. The van der Waals surface area contributed by atoms with Crippen molar-refractivity contribution in [1.82, 2.24) is 9.97 Å². The van der Waals surface area contributed by atoms with Crippen LogP contribution in [0.2, 0.25) is 0 Å². The van der Waals surface area contributed by atoms with Gasteiger partial charge in [-0.1, -0.05) is 0 Å². The lowest BCUT2D eigenvalue weighted by Crippen LogP contribution is -2.48. The molecule has 1 aliphatic heterocycles. The molecule has 1 aromatic heterocycles. The van der Waals surface area contributed by atoms with E-state index in [9.17, 15) is 4.39 Å². The zero-order valence-electron chi connectivity index (χ0n) is 9.85. The molecule has 1 saturated heterocycles. The van der Waals surface area contributed by atoms with Gasteiger partial charge in [-0.05, 0) is 13.8 Å². The average molecular weight is 241 g/mol. The van der Waals surface area contributed by atoms with Gasteiger partial charge in [-0.3, -0.25) is 5.43 Å². The predicted octanol–water partition coefficient (Wildman–Crippen LogP) is 0.515. The average Bonchev–Trinajstić information content (AvgIpc) is 2.33. The van der Waals surface area contributed by atoms with Crippen molar-refractivity contribution in [3.63, 3.8) is 0 Å². The largest absolute Gasteiger partial charge is 0.375 e. The first kappa shape index (κ1) is 12.0. The highest BCUT2D eigenvalue weighted by atomic mass is 19.1. The van der Waals surface area contributed by atoms with E-state index in [-0.39, 0.29) is 23.9 Å². The highest BCUT2D eigenvalue weighted by Gasteiger charge is 2.27. The smallest absolute Gasteiger partial charge is 0.239 e. The quantitative estimate of drug-likeness (QED) is 0.580. The molecule has 17 heavy (non-hydrogen) atoms. The first-order valence-corrected chi connectivity index (χ1v) is 5.49. The summed E-state index contributed by atoms with van der Waals surface area (Å²) in [5.74, 6) is 5.23. The Kier molecular flexibility index (Phi) is 3.39. The minimum Gasteiger partial charge on any atom is -0.375 e. The molecule has 1 aromatic rings. The fraction of sp³-hybridized carbons (Fsp3) is 0.600. The summed E-state index contributed by atoms with van der Waals surface area (Å²) in [5, 5.41) is 0. The lowest BCUT2D eigenvalue weighted by atomic mass is 10.2. The van der Waals surface area contributed by atoms with Crippen LogP contribution in [0.4, 0.5) is 16.2 Å². The minimum atomic E-state index is -0.454. The van der Waals surface area contributed by atoms with E-state index in [0.29, 0.717) is 13.2 Å². The van der Waals surface area contributed by atoms with E-state index in [0.717, 1.165) is 6.20 Å². The molecule has 0 saturated carbocycles. The Morgan fingerprint density at radius 2 is 2.35 bits per heavy atom. The molecule has 2 atom stereocenters. The minimum absolute atomic E-state index is 0.0508. The summed E-state index contributed by atoms with van der Waals surface area (Å²) in [5.41, 5.74) is 2.31. The Hall–Kier alpha value is -1.47. The van der Waals surface area contributed by atoms with Gasteiger partial charge in [-0.2, -0.15) is 4.98 Å². The van der Waals surface area contributed by atoms with Gasteiger partial charge in [0.25, 0.3) is 0 Å². The fourth-order valence-corrected chi connectivity index (χ4v) is 1.83. The molecule has 94 valence electrons. The van der Waals surface area contributed by atoms with Crippen molar-refractivity contribution in [2.24, 2.45) is 5.84 Å². The number of anilines is 2. The molecule has 0 aromatic carbocycles. The van der Waals surface area contributed by atoms with Gasteiger partial charge >= 0.3 is 0 Å². The van der Waals surface area contributed by atoms with Crippen molar-refractivity contribution < 1.29 is 9.13 Å². The second-order valence-electron chi connectivity index (χ2n) is 4.15. The first-order chi connectivity index (χ1) is 8.11. The van der Waals surface area contributed by atoms with Gasteiger partial charge in [0.2, 0.25) is 5.95 Å². The van der Waals surface area contributed by atoms with Crippen LogP contribution in [0, 0.1) is 5.82 Å². The summed E-state index contributed by atoms with van der Waals surface area (Å²) in [6.45, 7) is 5.05. The van der Waals surface area contributed by atoms with Crippen LogP contribution in [0.25, 0.3) is 0 Å². The van der Waals surface area contributed by atoms with Crippen molar-refractivity contribution in [1.29, 1.82) is 0 Å². The molecule has 1 fully saturated rings. The van der Waals surface area contributed by atoms with Crippen molar-refractivity contribution in [3.05, 3.63) is 12.0 Å². The van der Waals surface area contributed by atoms with Crippen LogP contribution < -0.4 is 16.2 Å². The number of hydrazine groups is 1. The van der Waals surface area contributed by atoms with Gasteiger partial charge in [0.05, 0.1) is 24.9 Å². The topological polar surface area (TPSA) is 76.3 Å². The van der Waals surface area contributed by atoms with Crippen LogP contribution in [0.1, 0.15) is 13.8 Å². The van der Waals surface area contributed by atoms with Crippen LogP contribution >= 0.6 is 0 Å². The normalized spacial score (nSPS) is 24.8. The molecule has 2 rings (SSSR count). The number of nitrogen functional groups attached to an aromatic ring is 1. The molecule has 0 spiro atoms. The van der Waals surface area contributed by atoms with E-state index in [4.69, 9.17) is 10.6 Å². The number of hydrogen-bond acceptors (Lipinski definition) is 6. The molecule has 0 aliphatic carbocycles. The Morgan fingerprint density at radius 1 is 1.59 bits per heavy atom. The zero-order chi connectivity index (χ0) is 12.4. The molecule has 0 amide bonds. The van der Waals surface area contributed by atoms with Gasteiger partial charge in [0, 0.05) is 6.54 Å². The van der Waals surface area contributed by atoms with Crippen LogP contribution in [0.5, 0.6) is 0 Å². The highest BCUT2D eigenvalue weighted by Crippen LogP contribution is 2.23. The third-order valence-electron chi connectivity index (χ3n) is 2.73. The summed E-state index contributed by atoms with van der Waals surface area (Å²) in [6.07, 6.45) is 1.17. The third kappa shape index (κ3) is 2.45.